The fourth-order valence-corrected chi connectivity index (χ4v) is 2.63. The summed E-state index contributed by atoms with van der Waals surface area (Å²) in [7, 11) is 0. The first kappa shape index (κ1) is 15.8. The minimum absolute atomic E-state index is 0.179. The van der Waals surface area contributed by atoms with Gasteiger partial charge in [-0.25, -0.2) is 4.98 Å². The second-order valence-corrected chi connectivity index (χ2v) is 5.80. The number of rotatable bonds is 5. The summed E-state index contributed by atoms with van der Waals surface area (Å²) < 4.78 is 0. The van der Waals surface area contributed by atoms with Crippen molar-refractivity contribution in [2.24, 2.45) is 0 Å². The van der Waals surface area contributed by atoms with Crippen LogP contribution in [0.2, 0.25) is 0 Å². The van der Waals surface area contributed by atoms with Crippen LogP contribution in [0.1, 0.15) is 5.56 Å². The van der Waals surface area contributed by atoms with E-state index in [1.54, 1.807) is 24.3 Å². The third-order valence-electron chi connectivity index (χ3n) is 3.12. The van der Waals surface area contributed by atoms with Gasteiger partial charge in [0.2, 0.25) is 11.1 Å². The highest BCUT2D eigenvalue weighted by molar-refractivity contribution is 7.99. The average molecular weight is 335 g/mol. The molecule has 0 bridgehead atoms. The van der Waals surface area contributed by atoms with Gasteiger partial charge < -0.3 is 5.32 Å². The van der Waals surface area contributed by atoms with Crippen molar-refractivity contribution < 1.29 is 4.79 Å². The quantitative estimate of drug-likeness (QED) is 0.699. The van der Waals surface area contributed by atoms with E-state index < -0.39 is 0 Å². The lowest BCUT2D eigenvalue weighted by Crippen LogP contribution is -2.14. The van der Waals surface area contributed by atoms with Crippen molar-refractivity contribution in [2.75, 3.05) is 11.1 Å². The molecule has 24 heavy (non-hydrogen) atoms. The molecule has 3 rings (SSSR count). The summed E-state index contributed by atoms with van der Waals surface area (Å²) in [6, 6.07) is 18.5. The van der Waals surface area contributed by atoms with Crippen LogP contribution in [-0.4, -0.2) is 26.8 Å². The van der Waals surface area contributed by atoms with Gasteiger partial charge in [-0.1, -0.05) is 48.2 Å². The van der Waals surface area contributed by atoms with E-state index in [0.717, 1.165) is 5.56 Å². The van der Waals surface area contributed by atoms with E-state index in [9.17, 15) is 4.79 Å². The molecule has 7 heteroatoms. The summed E-state index contributed by atoms with van der Waals surface area (Å²) in [6.45, 7) is 0. The lowest BCUT2D eigenvalue weighted by atomic mass is 10.2. The molecule has 0 radical (unpaired) electrons. The zero-order valence-electron chi connectivity index (χ0n) is 12.6. The largest absolute Gasteiger partial charge is 0.325 e. The summed E-state index contributed by atoms with van der Waals surface area (Å²) in [6.07, 6.45) is 0. The number of anilines is 1. The maximum absolute atomic E-state index is 12.0. The van der Waals surface area contributed by atoms with E-state index in [1.807, 2.05) is 36.4 Å². The first-order valence-corrected chi connectivity index (χ1v) is 8.14. The molecule has 3 aromatic rings. The Hall–Kier alpha value is -3.11. The molecule has 2 aromatic carbocycles. The first-order chi connectivity index (χ1) is 11.7. The Bertz CT molecular complexity index is 885. The molecule has 1 amide bonds. The number of benzene rings is 2. The Morgan fingerprint density at radius 1 is 1.21 bits per heavy atom. The number of nitrogens with zero attached hydrogens (tertiary/aromatic N) is 3. The van der Waals surface area contributed by atoms with E-state index in [-0.39, 0.29) is 11.7 Å². The van der Waals surface area contributed by atoms with Gasteiger partial charge in [-0.05, 0) is 18.2 Å². The Balaban J connectivity index is 1.57. The minimum atomic E-state index is -0.179. The predicted molar refractivity (Wildman–Crippen MR) is 92.3 cm³/mol. The fraction of sp³-hybridized carbons (Fsp3) is 0.0588. The van der Waals surface area contributed by atoms with Crippen LogP contribution >= 0.6 is 11.8 Å². The summed E-state index contributed by atoms with van der Waals surface area (Å²) in [5.74, 6) is 0.671. The van der Waals surface area contributed by atoms with Crippen LogP contribution in [0.3, 0.4) is 0 Å². The van der Waals surface area contributed by atoms with Gasteiger partial charge in [-0.2, -0.15) is 5.26 Å². The van der Waals surface area contributed by atoms with E-state index in [2.05, 4.69) is 20.5 Å². The molecule has 0 saturated heterocycles. The maximum Gasteiger partial charge on any atom is 0.234 e. The van der Waals surface area contributed by atoms with Crippen LogP contribution in [0.5, 0.6) is 0 Å². The topological polar surface area (TPSA) is 94.5 Å². The number of amides is 1. The van der Waals surface area contributed by atoms with Gasteiger partial charge in [0.05, 0.1) is 17.4 Å². The molecular formula is C17H13N5OS. The Kier molecular flexibility index (Phi) is 4.89. The van der Waals surface area contributed by atoms with Crippen LogP contribution in [0.25, 0.3) is 11.4 Å². The minimum Gasteiger partial charge on any atom is -0.325 e. The van der Waals surface area contributed by atoms with Gasteiger partial charge in [0.1, 0.15) is 0 Å². The molecule has 0 aliphatic heterocycles. The number of aromatic amines is 1. The monoisotopic (exact) mass is 335 g/mol. The highest BCUT2D eigenvalue weighted by atomic mass is 32.2. The van der Waals surface area contributed by atoms with E-state index in [0.29, 0.717) is 22.2 Å². The second-order valence-electron chi connectivity index (χ2n) is 4.86. The summed E-state index contributed by atoms with van der Waals surface area (Å²) in [5.41, 5.74) is 2.04. The van der Waals surface area contributed by atoms with Gasteiger partial charge in [0.15, 0.2) is 5.82 Å². The number of aromatic nitrogens is 3. The number of hydrogen-bond acceptors (Lipinski definition) is 5. The van der Waals surface area contributed by atoms with Crippen LogP contribution < -0.4 is 5.32 Å². The van der Waals surface area contributed by atoms with Crippen molar-refractivity contribution in [1.82, 2.24) is 15.2 Å². The number of thioether (sulfide) groups is 1. The van der Waals surface area contributed by atoms with Gasteiger partial charge in [-0.3, -0.25) is 9.89 Å². The maximum atomic E-state index is 12.0. The number of carbonyl (C=O) groups excluding carboxylic acids is 1. The molecule has 0 saturated carbocycles. The molecule has 1 aromatic heterocycles. The van der Waals surface area contributed by atoms with Gasteiger partial charge in [0, 0.05) is 11.3 Å². The zero-order valence-corrected chi connectivity index (χ0v) is 13.4. The van der Waals surface area contributed by atoms with Crippen molar-refractivity contribution in [3.8, 4) is 17.5 Å². The summed E-state index contributed by atoms with van der Waals surface area (Å²) >= 11 is 1.24. The average Bonchev–Trinajstić information content (AvgIpc) is 3.10. The Morgan fingerprint density at radius 2 is 2.04 bits per heavy atom. The number of H-pyrrole nitrogens is 1. The molecule has 0 spiro atoms. The number of nitrogens with one attached hydrogen (secondary N) is 2. The van der Waals surface area contributed by atoms with Gasteiger partial charge in [0.25, 0.3) is 0 Å². The SMILES string of the molecule is N#Cc1cccc(NC(=O)CSc2n[nH]c(-c3ccccc3)n2)c1. The lowest BCUT2D eigenvalue weighted by Gasteiger charge is -2.03. The fourth-order valence-electron chi connectivity index (χ4n) is 2.03. The highest BCUT2D eigenvalue weighted by Crippen LogP contribution is 2.19. The zero-order chi connectivity index (χ0) is 16.8. The summed E-state index contributed by atoms with van der Waals surface area (Å²) in [5, 5.41) is 19.1. The highest BCUT2D eigenvalue weighted by Gasteiger charge is 2.09. The molecular weight excluding hydrogens is 322 g/mol. The van der Waals surface area contributed by atoms with E-state index >= 15 is 0 Å². The van der Waals surface area contributed by atoms with Crippen LogP contribution in [0, 0.1) is 11.3 Å². The second kappa shape index (κ2) is 7.44. The lowest BCUT2D eigenvalue weighted by molar-refractivity contribution is -0.113. The molecule has 2 N–H and O–H groups in total. The van der Waals surface area contributed by atoms with E-state index in [1.165, 1.54) is 11.8 Å². The number of carbonyl (C=O) groups is 1. The first-order valence-electron chi connectivity index (χ1n) is 7.15. The standard InChI is InChI=1S/C17H13N5OS/c18-10-12-5-4-8-14(9-12)19-15(23)11-24-17-20-16(21-22-17)13-6-2-1-3-7-13/h1-9H,11H2,(H,19,23)(H,20,21,22). The molecule has 1 heterocycles. The van der Waals surface area contributed by atoms with Gasteiger partial charge in [-0.15, -0.1) is 5.10 Å². The molecule has 0 unspecified atom stereocenters. The Morgan fingerprint density at radius 3 is 2.83 bits per heavy atom. The van der Waals surface area contributed by atoms with Gasteiger partial charge >= 0.3 is 0 Å². The normalized spacial score (nSPS) is 10.1. The number of hydrogen-bond donors (Lipinski definition) is 2. The van der Waals surface area contributed by atoms with Crippen molar-refractivity contribution >= 4 is 23.4 Å². The van der Waals surface area contributed by atoms with Crippen molar-refractivity contribution in [2.45, 2.75) is 5.16 Å². The summed E-state index contributed by atoms with van der Waals surface area (Å²) in [4.78, 5) is 16.3. The van der Waals surface area contributed by atoms with Crippen molar-refractivity contribution in [3.05, 3.63) is 60.2 Å². The van der Waals surface area contributed by atoms with Crippen LogP contribution in [-0.2, 0) is 4.79 Å². The molecule has 118 valence electrons. The molecule has 6 nitrogen and oxygen atoms in total. The number of nitriles is 1. The molecule has 0 aliphatic carbocycles. The third-order valence-corrected chi connectivity index (χ3v) is 3.97. The van der Waals surface area contributed by atoms with E-state index in [4.69, 9.17) is 5.26 Å². The van der Waals surface area contributed by atoms with Crippen LogP contribution in [0.15, 0.2) is 59.8 Å². The Labute approximate surface area is 142 Å². The smallest absolute Gasteiger partial charge is 0.234 e. The molecule has 0 fully saturated rings. The van der Waals surface area contributed by atoms with Crippen molar-refractivity contribution in [1.29, 1.82) is 5.26 Å². The predicted octanol–water partition coefficient (Wildman–Crippen LogP) is 3.07. The third kappa shape index (κ3) is 4.00. The molecule has 0 aliphatic rings. The van der Waals surface area contributed by atoms with Crippen molar-refractivity contribution in [3.63, 3.8) is 0 Å². The molecule has 0 atom stereocenters. The van der Waals surface area contributed by atoms with Crippen LogP contribution in [0.4, 0.5) is 5.69 Å².